The number of hydrogen-bond donors (Lipinski definition) is 1. The van der Waals surface area contributed by atoms with Crippen LogP contribution in [0.5, 0.6) is 0 Å². The first-order valence-corrected chi connectivity index (χ1v) is 9.17. The fraction of sp³-hybridized carbons (Fsp3) is 0.421. The van der Waals surface area contributed by atoms with Crippen LogP contribution in [0.4, 0.5) is 4.79 Å². The van der Waals surface area contributed by atoms with Crippen molar-refractivity contribution >= 4 is 36.0 Å². The van der Waals surface area contributed by atoms with Gasteiger partial charge in [-0.3, -0.25) is 4.99 Å². The molecule has 152 valence electrons. The van der Waals surface area contributed by atoms with Crippen LogP contribution in [0.2, 0.25) is 0 Å². The van der Waals surface area contributed by atoms with Crippen LogP contribution in [0.15, 0.2) is 47.7 Å². The molecule has 1 N–H and O–H groups in total. The number of halogens is 1. The maximum absolute atomic E-state index is 11.8. The van der Waals surface area contributed by atoms with Gasteiger partial charge in [-0.05, 0) is 19.1 Å². The Morgan fingerprint density at radius 2 is 1.86 bits per heavy atom. The van der Waals surface area contributed by atoms with E-state index < -0.39 is 0 Å². The van der Waals surface area contributed by atoms with Gasteiger partial charge in [-0.25, -0.2) is 9.48 Å². The van der Waals surface area contributed by atoms with Crippen LogP contribution in [0, 0.1) is 0 Å². The molecule has 1 aromatic heterocycles. The molecule has 1 fully saturated rings. The molecule has 28 heavy (non-hydrogen) atoms. The summed E-state index contributed by atoms with van der Waals surface area (Å²) in [6, 6.07) is 10.0. The highest BCUT2D eigenvalue weighted by molar-refractivity contribution is 14.0. The van der Waals surface area contributed by atoms with E-state index in [2.05, 4.69) is 20.3 Å². The first-order chi connectivity index (χ1) is 13.2. The van der Waals surface area contributed by atoms with Gasteiger partial charge in [0.1, 0.15) is 0 Å². The molecule has 8 nitrogen and oxygen atoms in total. The Balaban J connectivity index is 0.00000280. The fourth-order valence-electron chi connectivity index (χ4n) is 3.00. The molecular formula is C19H27IN6O2. The largest absolute Gasteiger partial charge is 0.450 e. The van der Waals surface area contributed by atoms with Crippen molar-refractivity contribution in [2.45, 2.75) is 13.5 Å². The molecule has 1 saturated heterocycles. The van der Waals surface area contributed by atoms with Crippen molar-refractivity contribution in [3.05, 3.63) is 48.3 Å². The summed E-state index contributed by atoms with van der Waals surface area (Å²) in [5.74, 6) is 0.825. The molecule has 1 aliphatic heterocycles. The molecule has 2 heterocycles. The smallest absolute Gasteiger partial charge is 0.409 e. The molecule has 2 aromatic rings. The lowest BCUT2D eigenvalue weighted by molar-refractivity contribution is 0.0914. The minimum Gasteiger partial charge on any atom is -0.450 e. The number of guanidine groups is 1. The second-order valence-corrected chi connectivity index (χ2v) is 6.20. The molecule has 0 atom stereocenters. The van der Waals surface area contributed by atoms with Crippen LogP contribution in [0.3, 0.4) is 0 Å². The third-order valence-corrected chi connectivity index (χ3v) is 4.42. The van der Waals surface area contributed by atoms with Gasteiger partial charge in [0, 0.05) is 51.5 Å². The third-order valence-electron chi connectivity index (χ3n) is 4.42. The molecule has 1 amide bonds. The zero-order valence-corrected chi connectivity index (χ0v) is 18.6. The minimum atomic E-state index is -0.242. The maximum Gasteiger partial charge on any atom is 0.409 e. The lowest BCUT2D eigenvalue weighted by Crippen LogP contribution is -2.53. The van der Waals surface area contributed by atoms with E-state index in [4.69, 9.17) is 4.74 Å². The lowest BCUT2D eigenvalue weighted by atomic mass is 10.3. The summed E-state index contributed by atoms with van der Waals surface area (Å²) in [4.78, 5) is 20.1. The summed E-state index contributed by atoms with van der Waals surface area (Å²) < 4.78 is 6.92. The first kappa shape index (κ1) is 22.0. The Hall–Kier alpha value is -2.30. The number of para-hydroxylation sites is 1. The Bertz CT molecular complexity index is 772. The van der Waals surface area contributed by atoms with Crippen LogP contribution in [0.25, 0.3) is 5.69 Å². The quantitative estimate of drug-likeness (QED) is 0.398. The van der Waals surface area contributed by atoms with Crippen molar-refractivity contribution in [3.8, 4) is 5.69 Å². The van der Waals surface area contributed by atoms with Crippen LogP contribution < -0.4 is 5.32 Å². The molecular weight excluding hydrogens is 471 g/mol. The van der Waals surface area contributed by atoms with Gasteiger partial charge in [-0.15, -0.1) is 24.0 Å². The van der Waals surface area contributed by atoms with Crippen LogP contribution in [-0.2, 0) is 11.3 Å². The Morgan fingerprint density at radius 1 is 1.18 bits per heavy atom. The van der Waals surface area contributed by atoms with E-state index in [1.807, 2.05) is 54.3 Å². The zero-order chi connectivity index (χ0) is 19.1. The number of ether oxygens (including phenoxy) is 1. The normalized spacial score (nSPS) is 14.4. The van der Waals surface area contributed by atoms with E-state index in [-0.39, 0.29) is 30.1 Å². The Labute approximate surface area is 182 Å². The number of carbonyl (C=O) groups is 1. The van der Waals surface area contributed by atoms with Crippen molar-refractivity contribution < 1.29 is 9.53 Å². The molecule has 0 radical (unpaired) electrons. The monoisotopic (exact) mass is 498 g/mol. The lowest BCUT2D eigenvalue weighted by Gasteiger charge is -2.35. The number of amides is 1. The number of nitrogens with zero attached hydrogens (tertiary/aromatic N) is 5. The number of aromatic nitrogens is 2. The molecule has 0 aliphatic carbocycles. The van der Waals surface area contributed by atoms with E-state index in [0.717, 1.165) is 30.3 Å². The molecule has 0 spiro atoms. The standard InChI is InChI=1S/C19H26N6O2.HI/c1-3-27-19(26)24-11-9-23(10-12-24)18(20-2)21-13-16-14-22-25(15-16)17-7-5-4-6-8-17;/h4-8,14-15H,3,9-13H2,1-2H3,(H,20,21);1H. The topological polar surface area (TPSA) is 75.0 Å². The first-order valence-electron chi connectivity index (χ1n) is 9.17. The summed E-state index contributed by atoms with van der Waals surface area (Å²) in [6.45, 7) is 5.57. The highest BCUT2D eigenvalue weighted by Gasteiger charge is 2.23. The molecule has 3 rings (SSSR count). The molecule has 1 aliphatic rings. The van der Waals surface area contributed by atoms with Crippen LogP contribution >= 0.6 is 24.0 Å². The van der Waals surface area contributed by atoms with Gasteiger partial charge in [0.25, 0.3) is 0 Å². The fourth-order valence-corrected chi connectivity index (χ4v) is 3.00. The van der Waals surface area contributed by atoms with Crippen LogP contribution in [-0.4, -0.2) is 71.5 Å². The number of carbonyl (C=O) groups excluding carboxylic acids is 1. The third kappa shape index (κ3) is 5.60. The number of nitrogens with one attached hydrogen (secondary N) is 1. The molecule has 9 heteroatoms. The highest BCUT2D eigenvalue weighted by atomic mass is 127. The van der Waals surface area contributed by atoms with Crippen molar-refractivity contribution in [2.24, 2.45) is 4.99 Å². The number of piperazine rings is 1. The minimum absolute atomic E-state index is 0. The zero-order valence-electron chi connectivity index (χ0n) is 16.2. The predicted molar refractivity (Wildman–Crippen MR) is 119 cm³/mol. The van der Waals surface area contributed by atoms with Gasteiger partial charge in [0.2, 0.25) is 0 Å². The number of hydrogen-bond acceptors (Lipinski definition) is 4. The summed E-state index contributed by atoms with van der Waals surface area (Å²) in [6.07, 6.45) is 3.62. The second-order valence-electron chi connectivity index (χ2n) is 6.20. The van der Waals surface area contributed by atoms with E-state index in [1.54, 1.807) is 11.9 Å². The summed E-state index contributed by atoms with van der Waals surface area (Å²) in [5.41, 5.74) is 2.10. The van der Waals surface area contributed by atoms with Crippen molar-refractivity contribution in [1.29, 1.82) is 0 Å². The van der Waals surface area contributed by atoms with Gasteiger partial charge >= 0.3 is 6.09 Å². The van der Waals surface area contributed by atoms with E-state index >= 15 is 0 Å². The summed E-state index contributed by atoms with van der Waals surface area (Å²) in [5, 5.41) is 7.79. The van der Waals surface area contributed by atoms with Gasteiger partial charge in [-0.1, -0.05) is 18.2 Å². The molecule has 0 saturated carbocycles. The van der Waals surface area contributed by atoms with E-state index in [1.165, 1.54) is 0 Å². The van der Waals surface area contributed by atoms with Crippen molar-refractivity contribution in [2.75, 3.05) is 39.8 Å². The van der Waals surface area contributed by atoms with E-state index in [0.29, 0.717) is 26.2 Å². The summed E-state index contributed by atoms with van der Waals surface area (Å²) in [7, 11) is 1.77. The number of benzene rings is 1. The second kappa shape index (κ2) is 10.9. The average molecular weight is 498 g/mol. The predicted octanol–water partition coefficient (Wildman–Crippen LogP) is 2.34. The number of aliphatic imine (C=N–C) groups is 1. The van der Waals surface area contributed by atoms with Gasteiger partial charge in [0.15, 0.2) is 5.96 Å². The molecule has 0 bridgehead atoms. The SMILES string of the molecule is CCOC(=O)N1CCN(C(=NC)NCc2cnn(-c3ccccc3)c2)CC1.I. The summed E-state index contributed by atoms with van der Waals surface area (Å²) >= 11 is 0. The maximum atomic E-state index is 11.8. The molecule has 1 aromatic carbocycles. The molecule has 0 unspecified atom stereocenters. The van der Waals surface area contributed by atoms with Gasteiger partial charge in [-0.2, -0.15) is 5.10 Å². The van der Waals surface area contributed by atoms with Gasteiger partial charge in [0.05, 0.1) is 18.5 Å². The number of rotatable bonds is 4. The van der Waals surface area contributed by atoms with Crippen molar-refractivity contribution in [1.82, 2.24) is 24.9 Å². The highest BCUT2D eigenvalue weighted by Crippen LogP contribution is 2.08. The van der Waals surface area contributed by atoms with Crippen LogP contribution in [0.1, 0.15) is 12.5 Å². The average Bonchev–Trinajstić information content (AvgIpc) is 3.19. The van der Waals surface area contributed by atoms with Gasteiger partial charge < -0.3 is 19.9 Å². The Kier molecular flexibility index (Phi) is 8.55. The van der Waals surface area contributed by atoms with Crippen molar-refractivity contribution in [3.63, 3.8) is 0 Å². The van der Waals surface area contributed by atoms with E-state index in [9.17, 15) is 4.79 Å². The Morgan fingerprint density at radius 3 is 2.50 bits per heavy atom.